The Hall–Kier alpha value is -0.160. The molecule has 0 aliphatic carbocycles. The van der Waals surface area contributed by atoms with E-state index >= 15 is 0 Å². The molecule has 2 unspecified atom stereocenters. The second-order valence-electron chi connectivity index (χ2n) is 4.39. The van der Waals surface area contributed by atoms with Crippen molar-refractivity contribution < 1.29 is 9.47 Å². The van der Waals surface area contributed by atoms with E-state index in [9.17, 15) is 0 Å². The van der Waals surface area contributed by atoms with Gasteiger partial charge in [-0.15, -0.1) is 0 Å². The van der Waals surface area contributed by atoms with Crippen LogP contribution >= 0.6 is 0 Å². The quantitative estimate of drug-likeness (QED) is 0.742. The third-order valence-corrected chi connectivity index (χ3v) is 3.59. The monoisotopic (exact) mass is 216 g/mol. The Balaban J connectivity index is 2.69. The maximum Gasteiger partial charge on any atom is 0.0736 e. The first-order chi connectivity index (χ1) is 7.15. The van der Waals surface area contributed by atoms with Crippen LogP contribution < -0.4 is 5.73 Å². The molecule has 4 heteroatoms. The average Bonchev–Trinajstić information content (AvgIpc) is 2.55. The van der Waals surface area contributed by atoms with Crippen molar-refractivity contribution in [3.05, 3.63) is 0 Å². The molecule has 1 saturated heterocycles. The molecule has 4 nitrogen and oxygen atoms in total. The molecular formula is C11H24N2O2. The largest absolute Gasteiger partial charge is 0.380 e. The van der Waals surface area contributed by atoms with Gasteiger partial charge in [0.05, 0.1) is 18.2 Å². The molecule has 0 aromatic carbocycles. The fourth-order valence-corrected chi connectivity index (χ4v) is 2.06. The van der Waals surface area contributed by atoms with E-state index < -0.39 is 0 Å². The van der Waals surface area contributed by atoms with Crippen molar-refractivity contribution in [2.24, 2.45) is 5.73 Å². The zero-order valence-corrected chi connectivity index (χ0v) is 10.2. The van der Waals surface area contributed by atoms with Gasteiger partial charge < -0.3 is 15.2 Å². The first-order valence-electron chi connectivity index (χ1n) is 5.71. The molecule has 0 aromatic rings. The first-order valence-corrected chi connectivity index (χ1v) is 5.71. The highest BCUT2D eigenvalue weighted by Crippen LogP contribution is 2.21. The Kier molecular flexibility index (Phi) is 4.99. The summed E-state index contributed by atoms with van der Waals surface area (Å²) in [6.07, 6.45) is 1.21. The molecule has 0 bridgehead atoms. The van der Waals surface area contributed by atoms with Crippen molar-refractivity contribution in [1.82, 2.24) is 4.90 Å². The summed E-state index contributed by atoms with van der Waals surface area (Å²) in [6.45, 7) is 8.51. The lowest BCUT2D eigenvalue weighted by molar-refractivity contribution is -0.0314. The van der Waals surface area contributed by atoms with Crippen LogP contribution in [-0.4, -0.2) is 56.5 Å². The molecular weight excluding hydrogens is 192 g/mol. The number of nitrogens with two attached hydrogens (primary N) is 1. The molecule has 15 heavy (non-hydrogen) atoms. The predicted octanol–water partition coefficient (Wildman–Crippen LogP) is 0.461. The number of hydrogen-bond acceptors (Lipinski definition) is 4. The van der Waals surface area contributed by atoms with E-state index in [0.717, 1.165) is 32.7 Å². The topological polar surface area (TPSA) is 47.7 Å². The van der Waals surface area contributed by atoms with Crippen molar-refractivity contribution in [2.75, 3.05) is 40.0 Å². The number of nitrogens with zero attached hydrogens (tertiary/aromatic N) is 1. The van der Waals surface area contributed by atoms with Crippen LogP contribution in [0.5, 0.6) is 0 Å². The lowest BCUT2D eigenvalue weighted by atomic mass is 9.93. The molecule has 2 atom stereocenters. The average molecular weight is 216 g/mol. The molecule has 0 aromatic heterocycles. The standard InChI is InChI=1S/C11H24N2O2/c1-10(14-3)11(2,9-12)13-5-4-7-15-8-6-13/h10H,4-9,12H2,1-3H3. The minimum absolute atomic E-state index is 0.0809. The normalized spacial score (nSPS) is 25.6. The van der Waals surface area contributed by atoms with Crippen LogP contribution in [0, 0.1) is 0 Å². The Morgan fingerprint density at radius 2 is 2.20 bits per heavy atom. The smallest absolute Gasteiger partial charge is 0.0736 e. The zero-order valence-electron chi connectivity index (χ0n) is 10.2. The summed E-state index contributed by atoms with van der Waals surface area (Å²) >= 11 is 0. The van der Waals surface area contributed by atoms with E-state index in [4.69, 9.17) is 15.2 Å². The number of methoxy groups -OCH3 is 1. The summed E-state index contributed by atoms with van der Waals surface area (Å²) in [5.41, 5.74) is 5.82. The lowest BCUT2D eigenvalue weighted by Crippen LogP contribution is -2.59. The van der Waals surface area contributed by atoms with Gasteiger partial charge in [-0.3, -0.25) is 4.90 Å². The van der Waals surface area contributed by atoms with Gasteiger partial charge in [-0.2, -0.15) is 0 Å². The maximum absolute atomic E-state index is 5.90. The summed E-state index contributed by atoms with van der Waals surface area (Å²) in [6, 6.07) is 0. The fraction of sp³-hybridized carbons (Fsp3) is 1.00. The minimum atomic E-state index is -0.0809. The second kappa shape index (κ2) is 5.80. The van der Waals surface area contributed by atoms with E-state index in [2.05, 4.69) is 18.7 Å². The van der Waals surface area contributed by atoms with Gasteiger partial charge in [0.15, 0.2) is 0 Å². The highest BCUT2D eigenvalue weighted by molar-refractivity contribution is 4.93. The Morgan fingerprint density at radius 3 is 2.80 bits per heavy atom. The van der Waals surface area contributed by atoms with Crippen LogP contribution in [-0.2, 0) is 9.47 Å². The molecule has 1 rings (SSSR count). The van der Waals surface area contributed by atoms with E-state index in [1.54, 1.807) is 7.11 Å². The Morgan fingerprint density at radius 1 is 1.47 bits per heavy atom. The van der Waals surface area contributed by atoms with Crippen LogP contribution in [0.3, 0.4) is 0 Å². The van der Waals surface area contributed by atoms with Gasteiger partial charge >= 0.3 is 0 Å². The van der Waals surface area contributed by atoms with Crippen LogP contribution in [0.25, 0.3) is 0 Å². The number of ether oxygens (including phenoxy) is 2. The molecule has 1 heterocycles. The summed E-state index contributed by atoms with van der Waals surface area (Å²) in [5.74, 6) is 0. The SMILES string of the molecule is COC(C)C(C)(CN)N1CCCOCC1. The summed E-state index contributed by atoms with van der Waals surface area (Å²) in [7, 11) is 1.74. The van der Waals surface area contributed by atoms with Gasteiger partial charge in [0, 0.05) is 33.4 Å². The van der Waals surface area contributed by atoms with Crippen molar-refractivity contribution in [2.45, 2.75) is 31.9 Å². The second-order valence-corrected chi connectivity index (χ2v) is 4.39. The molecule has 90 valence electrons. The molecule has 0 spiro atoms. The number of rotatable bonds is 4. The van der Waals surface area contributed by atoms with Gasteiger partial charge in [-0.25, -0.2) is 0 Å². The molecule has 2 N–H and O–H groups in total. The van der Waals surface area contributed by atoms with E-state index in [0.29, 0.717) is 6.54 Å². The maximum atomic E-state index is 5.90. The Bertz CT molecular complexity index is 181. The molecule has 0 radical (unpaired) electrons. The summed E-state index contributed by atoms with van der Waals surface area (Å²) in [4.78, 5) is 2.40. The third-order valence-electron chi connectivity index (χ3n) is 3.59. The Labute approximate surface area is 92.7 Å². The van der Waals surface area contributed by atoms with Crippen molar-refractivity contribution in [3.8, 4) is 0 Å². The van der Waals surface area contributed by atoms with Crippen molar-refractivity contribution >= 4 is 0 Å². The van der Waals surface area contributed by atoms with Gasteiger partial charge in [0.1, 0.15) is 0 Å². The van der Waals surface area contributed by atoms with Gasteiger partial charge in [0.2, 0.25) is 0 Å². The van der Waals surface area contributed by atoms with E-state index in [1.807, 2.05) is 0 Å². The minimum Gasteiger partial charge on any atom is -0.380 e. The van der Waals surface area contributed by atoms with Crippen molar-refractivity contribution in [3.63, 3.8) is 0 Å². The van der Waals surface area contributed by atoms with Crippen molar-refractivity contribution in [1.29, 1.82) is 0 Å². The summed E-state index contributed by atoms with van der Waals surface area (Å²) in [5, 5.41) is 0. The zero-order chi connectivity index (χ0) is 11.3. The van der Waals surface area contributed by atoms with E-state index in [-0.39, 0.29) is 11.6 Å². The van der Waals surface area contributed by atoms with Crippen LogP contribution in [0.2, 0.25) is 0 Å². The number of hydrogen-bond donors (Lipinski definition) is 1. The fourth-order valence-electron chi connectivity index (χ4n) is 2.06. The van der Waals surface area contributed by atoms with Gasteiger partial charge in [-0.05, 0) is 20.3 Å². The molecule has 1 fully saturated rings. The van der Waals surface area contributed by atoms with Crippen LogP contribution in [0.15, 0.2) is 0 Å². The molecule has 1 aliphatic rings. The van der Waals surface area contributed by atoms with Crippen LogP contribution in [0.4, 0.5) is 0 Å². The van der Waals surface area contributed by atoms with E-state index in [1.165, 1.54) is 0 Å². The third kappa shape index (κ3) is 2.91. The molecule has 0 amide bonds. The lowest BCUT2D eigenvalue weighted by Gasteiger charge is -2.43. The molecule has 0 saturated carbocycles. The van der Waals surface area contributed by atoms with Crippen LogP contribution in [0.1, 0.15) is 20.3 Å². The highest BCUT2D eigenvalue weighted by Gasteiger charge is 2.36. The highest BCUT2D eigenvalue weighted by atomic mass is 16.5. The van der Waals surface area contributed by atoms with Gasteiger partial charge in [0.25, 0.3) is 0 Å². The molecule has 1 aliphatic heterocycles. The summed E-state index contributed by atoms with van der Waals surface area (Å²) < 4.78 is 10.9. The first kappa shape index (κ1) is 12.9. The van der Waals surface area contributed by atoms with Gasteiger partial charge in [-0.1, -0.05) is 0 Å². The predicted molar refractivity (Wildman–Crippen MR) is 60.9 cm³/mol.